The van der Waals surface area contributed by atoms with Crippen LogP contribution in [0.2, 0.25) is 0 Å². The number of alkyl carbamates (subject to hydrolysis) is 1. The maximum atomic E-state index is 13.6. The minimum atomic E-state index is -4.77. The van der Waals surface area contributed by atoms with E-state index in [1.165, 1.54) is 6.07 Å². The van der Waals surface area contributed by atoms with Crippen molar-refractivity contribution in [1.29, 1.82) is 0 Å². The van der Waals surface area contributed by atoms with Crippen LogP contribution in [0.15, 0.2) is 18.2 Å². The van der Waals surface area contributed by atoms with Gasteiger partial charge in [-0.15, -0.1) is 0 Å². The molecule has 0 aliphatic heterocycles. The van der Waals surface area contributed by atoms with Gasteiger partial charge in [-0.2, -0.15) is 13.2 Å². The predicted molar refractivity (Wildman–Crippen MR) is 64.5 cm³/mol. The Morgan fingerprint density at radius 1 is 1.25 bits per heavy atom. The first kappa shape index (κ1) is 16.3. The van der Waals surface area contributed by atoms with Crippen molar-refractivity contribution >= 4 is 6.09 Å². The zero-order chi connectivity index (χ0) is 15.6. The fourth-order valence-corrected chi connectivity index (χ4v) is 1.42. The number of carbonyl (C=O) groups is 1. The van der Waals surface area contributed by atoms with E-state index in [4.69, 9.17) is 4.74 Å². The number of carbonyl (C=O) groups excluding carboxylic acids is 1. The van der Waals surface area contributed by atoms with Crippen LogP contribution in [0.1, 0.15) is 31.9 Å². The summed E-state index contributed by atoms with van der Waals surface area (Å²) in [5.41, 5.74) is -2.36. The van der Waals surface area contributed by atoms with Crippen LogP contribution in [0.25, 0.3) is 0 Å². The summed E-state index contributed by atoms with van der Waals surface area (Å²) >= 11 is 0. The lowest BCUT2D eigenvalue weighted by molar-refractivity contribution is -0.140. The molecule has 1 aromatic rings. The smallest absolute Gasteiger partial charge is 0.419 e. The summed E-state index contributed by atoms with van der Waals surface area (Å²) in [7, 11) is 0. The molecule has 20 heavy (non-hydrogen) atoms. The van der Waals surface area contributed by atoms with E-state index in [0.29, 0.717) is 6.07 Å². The van der Waals surface area contributed by atoms with E-state index < -0.39 is 29.3 Å². The van der Waals surface area contributed by atoms with E-state index in [-0.39, 0.29) is 12.1 Å². The van der Waals surface area contributed by atoms with Crippen LogP contribution in [0.4, 0.5) is 22.4 Å². The average Bonchev–Trinajstić information content (AvgIpc) is 2.23. The van der Waals surface area contributed by atoms with Gasteiger partial charge in [0.05, 0.1) is 5.56 Å². The molecule has 0 fully saturated rings. The molecule has 1 rings (SSSR count). The number of ether oxygens (including phenoxy) is 1. The molecule has 3 nitrogen and oxygen atoms in total. The lowest BCUT2D eigenvalue weighted by Gasteiger charge is -2.20. The maximum Gasteiger partial charge on any atom is 0.419 e. The Hall–Kier alpha value is -1.79. The van der Waals surface area contributed by atoms with E-state index in [9.17, 15) is 22.4 Å². The van der Waals surface area contributed by atoms with Gasteiger partial charge in [-0.25, -0.2) is 9.18 Å². The number of nitrogens with one attached hydrogen (secondary N) is 1. The highest BCUT2D eigenvalue weighted by atomic mass is 19.4. The van der Waals surface area contributed by atoms with E-state index in [2.05, 4.69) is 5.32 Å². The summed E-state index contributed by atoms with van der Waals surface area (Å²) in [6, 6.07) is 2.90. The first-order valence-electron chi connectivity index (χ1n) is 5.82. The number of benzene rings is 1. The topological polar surface area (TPSA) is 38.3 Å². The normalized spacial score (nSPS) is 12.2. The zero-order valence-electron chi connectivity index (χ0n) is 11.3. The van der Waals surface area contributed by atoms with Crippen LogP contribution in [0.3, 0.4) is 0 Å². The monoisotopic (exact) mass is 293 g/mol. The Kier molecular flexibility index (Phi) is 4.62. The highest BCUT2D eigenvalue weighted by Gasteiger charge is 2.34. The summed E-state index contributed by atoms with van der Waals surface area (Å²) in [4.78, 5) is 11.3. The second kappa shape index (κ2) is 5.68. The molecule has 0 radical (unpaired) electrons. The van der Waals surface area contributed by atoms with Gasteiger partial charge >= 0.3 is 12.3 Å². The fraction of sp³-hybridized carbons (Fsp3) is 0.462. The number of rotatable bonds is 2. The van der Waals surface area contributed by atoms with Crippen molar-refractivity contribution in [3.05, 3.63) is 35.1 Å². The number of hydrogen-bond donors (Lipinski definition) is 1. The van der Waals surface area contributed by atoms with Crippen molar-refractivity contribution < 1.29 is 27.1 Å². The second-order valence-corrected chi connectivity index (χ2v) is 5.13. The van der Waals surface area contributed by atoms with Crippen molar-refractivity contribution in [3.8, 4) is 0 Å². The molecular weight excluding hydrogens is 278 g/mol. The van der Waals surface area contributed by atoms with Gasteiger partial charge in [0, 0.05) is 12.1 Å². The van der Waals surface area contributed by atoms with Gasteiger partial charge in [-0.05, 0) is 26.8 Å². The molecule has 0 unspecified atom stereocenters. The summed E-state index contributed by atoms with van der Waals surface area (Å²) in [5.74, 6) is -1.39. The first-order chi connectivity index (χ1) is 9.00. The van der Waals surface area contributed by atoms with Crippen LogP contribution >= 0.6 is 0 Å². The van der Waals surface area contributed by atoms with Crippen molar-refractivity contribution in [2.75, 3.05) is 0 Å². The molecule has 0 atom stereocenters. The van der Waals surface area contributed by atoms with Crippen molar-refractivity contribution in [2.45, 2.75) is 39.1 Å². The predicted octanol–water partition coefficient (Wildman–Crippen LogP) is 3.87. The Labute approximate surface area is 113 Å². The van der Waals surface area contributed by atoms with Gasteiger partial charge in [0.2, 0.25) is 0 Å². The minimum absolute atomic E-state index is 0.259. The number of amides is 1. The molecule has 0 spiro atoms. The molecule has 0 aromatic heterocycles. The van der Waals surface area contributed by atoms with E-state index >= 15 is 0 Å². The van der Waals surface area contributed by atoms with Crippen LogP contribution in [-0.2, 0) is 17.5 Å². The Balaban J connectivity index is 2.78. The average molecular weight is 293 g/mol. The van der Waals surface area contributed by atoms with Gasteiger partial charge in [0.1, 0.15) is 11.4 Å². The second-order valence-electron chi connectivity index (χ2n) is 5.13. The van der Waals surface area contributed by atoms with Crippen molar-refractivity contribution in [1.82, 2.24) is 5.32 Å². The highest BCUT2D eigenvalue weighted by molar-refractivity contribution is 5.67. The van der Waals surface area contributed by atoms with Crippen LogP contribution in [0.5, 0.6) is 0 Å². The third kappa shape index (κ3) is 4.71. The fourth-order valence-electron chi connectivity index (χ4n) is 1.42. The van der Waals surface area contributed by atoms with Crippen LogP contribution < -0.4 is 5.32 Å². The minimum Gasteiger partial charge on any atom is -0.444 e. The summed E-state index contributed by atoms with van der Waals surface area (Å²) in [5, 5.41) is 2.21. The third-order valence-electron chi connectivity index (χ3n) is 2.21. The summed E-state index contributed by atoms with van der Waals surface area (Å²) < 4.78 is 56.0. The Morgan fingerprint density at radius 3 is 2.35 bits per heavy atom. The first-order valence-corrected chi connectivity index (χ1v) is 5.82. The van der Waals surface area contributed by atoms with E-state index in [1.54, 1.807) is 20.8 Å². The summed E-state index contributed by atoms with van der Waals surface area (Å²) in [6.45, 7) is 4.52. The number of hydrogen-bond acceptors (Lipinski definition) is 2. The van der Waals surface area contributed by atoms with E-state index in [0.717, 1.165) is 6.07 Å². The molecule has 112 valence electrons. The lowest BCUT2D eigenvalue weighted by atomic mass is 10.1. The van der Waals surface area contributed by atoms with Crippen molar-refractivity contribution in [3.63, 3.8) is 0 Å². The molecule has 0 aliphatic rings. The van der Waals surface area contributed by atoms with Gasteiger partial charge in [0.25, 0.3) is 0 Å². The SMILES string of the molecule is CC(C)(C)OC(=O)NCc1cccc(C(F)(F)F)c1F. The molecule has 0 saturated heterocycles. The Bertz CT molecular complexity index is 492. The van der Waals surface area contributed by atoms with Crippen LogP contribution in [0, 0.1) is 5.82 Å². The number of halogens is 4. The molecule has 1 amide bonds. The standard InChI is InChI=1S/C13H15F4NO2/c1-12(2,3)20-11(19)18-7-8-5-4-6-9(10(8)14)13(15,16)17/h4-6H,7H2,1-3H3,(H,18,19). The molecule has 0 saturated carbocycles. The van der Waals surface area contributed by atoms with Crippen molar-refractivity contribution in [2.24, 2.45) is 0 Å². The largest absolute Gasteiger partial charge is 0.444 e. The highest BCUT2D eigenvalue weighted by Crippen LogP contribution is 2.32. The zero-order valence-corrected chi connectivity index (χ0v) is 11.3. The molecule has 1 aromatic carbocycles. The Morgan fingerprint density at radius 2 is 1.85 bits per heavy atom. The maximum absolute atomic E-state index is 13.6. The quantitative estimate of drug-likeness (QED) is 0.841. The van der Waals surface area contributed by atoms with Crippen LogP contribution in [-0.4, -0.2) is 11.7 Å². The molecule has 0 aliphatic carbocycles. The molecule has 7 heteroatoms. The number of alkyl halides is 3. The van der Waals surface area contributed by atoms with Gasteiger partial charge in [-0.1, -0.05) is 12.1 Å². The molecular formula is C13H15F4NO2. The lowest BCUT2D eigenvalue weighted by Crippen LogP contribution is -2.32. The van der Waals surface area contributed by atoms with Gasteiger partial charge in [-0.3, -0.25) is 0 Å². The molecule has 1 N–H and O–H groups in total. The third-order valence-corrected chi connectivity index (χ3v) is 2.21. The molecule has 0 bridgehead atoms. The van der Waals surface area contributed by atoms with E-state index in [1.807, 2.05) is 0 Å². The van der Waals surface area contributed by atoms with Gasteiger partial charge < -0.3 is 10.1 Å². The molecule has 0 heterocycles. The summed E-state index contributed by atoms with van der Waals surface area (Å²) in [6.07, 6.45) is -5.60. The van der Waals surface area contributed by atoms with Gasteiger partial charge in [0.15, 0.2) is 0 Å².